The van der Waals surface area contributed by atoms with Gasteiger partial charge in [-0.3, -0.25) is 4.79 Å². The third-order valence-corrected chi connectivity index (χ3v) is 5.72. The second kappa shape index (κ2) is 6.91. The van der Waals surface area contributed by atoms with E-state index >= 15 is 0 Å². The second-order valence-corrected chi connectivity index (χ2v) is 8.89. The lowest BCUT2D eigenvalue weighted by atomic mass is 9.72. The van der Waals surface area contributed by atoms with Crippen LogP contribution in [0.15, 0.2) is 34.9 Å². The van der Waals surface area contributed by atoms with Crippen LogP contribution in [0.25, 0.3) is 10.9 Å². The summed E-state index contributed by atoms with van der Waals surface area (Å²) in [6.45, 7) is 7.20. The van der Waals surface area contributed by atoms with E-state index in [4.69, 9.17) is 4.74 Å². The third-order valence-electron chi connectivity index (χ3n) is 5.23. The Balaban J connectivity index is 1.56. The number of esters is 1. The topological polar surface area (TPSA) is 31.2 Å². The van der Waals surface area contributed by atoms with Crippen molar-refractivity contribution in [3.05, 3.63) is 34.9 Å². The molecule has 1 saturated carbocycles. The van der Waals surface area contributed by atoms with Gasteiger partial charge >= 0.3 is 5.97 Å². The molecule has 0 atom stereocenters. The fraction of sp³-hybridized carbons (Fsp3) is 0.550. The highest BCUT2D eigenvalue weighted by Gasteiger charge is 2.31. The molecule has 4 heteroatoms. The van der Waals surface area contributed by atoms with Crippen molar-refractivity contribution >= 4 is 32.8 Å². The van der Waals surface area contributed by atoms with Crippen LogP contribution in [0.5, 0.6) is 0 Å². The number of ether oxygens (including phenoxy) is 1. The molecular formula is C20H26BrNO2. The molecule has 0 N–H and O–H groups in total. The minimum absolute atomic E-state index is 0.0899. The van der Waals surface area contributed by atoms with Gasteiger partial charge in [0, 0.05) is 21.6 Å². The minimum Gasteiger partial charge on any atom is -0.461 e. The first-order chi connectivity index (χ1) is 11.3. The molecule has 0 saturated heterocycles. The highest BCUT2D eigenvalue weighted by molar-refractivity contribution is 9.10. The Labute approximate surface area is 152 Å². The summed E-state index contributed by atoms with van der Waals surface area (Å²) in [5.74, 6) is 0.605. The first-order valence-electron chi connectivity index (χ1n) is 8.77. The smallest absolute Gasteiger partial charge is 0.326 e. The van der Waals surface area contributed by atoms with Crippen LogP contribution < -0.4 is 0 Å². The quantitative estimate of drug-likeness (QED) is 0.641. The van der Waals surface area contributed by atoms with Crippen molar-refractivity contribution in [2.75, 3.05) is 0 Å². The zero-order valence-corrected chi connectivity index (χ0v) is 16.3. The summed E-state index contributed by atoms with van der Waals surface area (Å²) in [5.41, 5.74) is 1.42. The monoisotopic (exact) mass is 391 g/mol. The number of carbonyl (C=O) groups is 1. The summed E-state index contributed by atoms with van der Waals surface area (Å²) >= 11 is 3.48. The maximum absolute atomic E-state index is 12.3. The van der Waals surface area contributed by atoms with Gasteiger partial charge in [0.1, 0.15) is 12.6 Å². The molecule has 0 amide bonds. The van der Waals surface area contributed by atoms with Crippen LogP contribution in [0.4, 0.5) is 0 Å². The second-order valence-electron chi connectivity index (χ2n) is 7.98. The summed E-state index contributed by atoms with van der Waals surface area (Å²) in [4.78, 5) is 12.3. The van der Waals surface area contributed by atoms with E-state index in [0.29, 0.717) is 5.41 Å². The predicted octanol–water partition coefficient (Wildman–Crippen LogP) is 5.55. The minimum atomic E-state index is -0.130. The standard InChI is InChI=1S/C20H26BrNO2/c1-20(2,3)15-4-7-17(8-5-15)24-19(23)13-22-11-10-14-12-16(21)6-9-18(14)22/h6,9-12,15,17H,4-5,7-8,13H2,1-3H3. The molecule has 1 fully saturated rings. The van der Waals surface area contributed by atoms with Crippen LogP contribution in [0.3, 0.4) is 0 Å². The third kappa shape index (κ3) is 4.02. The molecule has 130 valence electrons. The molecule has 1 aliphatic carbocycles. The molecular weight excluding hydrogens is 366 g/mol. The number of rotatable bonds is 3. The number of nitrogens with zero attached hydrogens (tertiary/aromatic N) is 1. The van der Waals surface area contributed by atoms with Gasteiger partial charge in [0.2, 0.25) is 0 Å². The zero-order chi connectivity index (χ0) is 17.3. The number of hydrogen-bond donors (Lipinski definition) is 0. The van der Waals surface area contributed by atoms with Crippen molar-refractivity contribution in [3.63, 3.8) is 0 Å². The van der Waals surface area contributed by atoms with Crippen LogP contribution in [-0.2, 0) is 16.1 Å². The van der Waals surface area contributed by atoms with Gasteiger partial charge in [0.25, 0.3) is 0 Å². The average molecular weight is 392 g/mol. The van der Waals surface area contributed by atoms with Crippen molar-refractivity contribution in [2.45, 2.75) is 59.1 Å². The van der Waals surface area contributed by atoms with Gasteiger partial charge in [-0.05, 0) is 61.3 Å². The van der Waals surface area contributed by atoms with Crippen LogP contribution in [0.1, 0.15) is 46.5 Å². The Bertz CT molecular complexity index is 721. The van der Waals surface area contributed by atoms with Gasteiger partial charge in [-0.2, -0.15) is 0 Å². The maximum atomic E-state index is 12.3. The molecule has 3 rings (SSSR count). The van der Waals surface area contributed by atoms with E-state index in [1.807, 2.05) is 29.0 Å². The molecule has 1 aromatic carbocycles. The zero-order valence-electron chi connectivity index (χ0n) is 14.7. The molecule has 3 nitrogen and oxygen atoms in total. The highest BCUT2D eigenvalue weighted by atomic mass is 79.9. The number of hydrogen-bond acceptors (Lipinski definition) is 2. The lowest BCUT2D eigenvalue weighted by Crippen LogP contribution is -2.31. The van der Waals surface area contributed by atoms with Gasteiger partial charge in [0.05, 0.1) is 0 Å². The molecule has 1 heterocycles. The molecule has 2 aromatic rings. The lowest BCUT2D eigenvalue weighted by molar-refractivity contribution is -0.152. The SMILES string of the molecule is CC(C)(C)C1CCC(OC(=O)Cn2ccc3cc(Br)ccc32)CC1. The number of halogens is 1. The Morgan fingerprint density at radius 1 is 1.21 bits per heavy atom. The molecule has 0 radical (unpaired) electrons. The normalized spacial score (nSPS) is 21.8. The summed E-state index contributed by atoms with van der Waals surface area (Å²) < 4.78 is 8.74. The average Bonchev–Trinajstić information content (AvgIpc) is 2.89. The first kappa shape index (κ1) is 17.5. The van der Waals surface area contributed by atoms with Gasteiger partial charge < -0.3 is 9.30 Å². The molecule has 0 bridgehead atoms. The Hall–Kier alpha value is -1.29. The summed E-state index contributed by atoms with van der Waals surface area (Å²) in [6, 6.07) is 8.12. The Morgan fingerprint density at radius 3 is 2.58 bits per heavy atom. The van der Waals surface area contributed by atoms with E-state index in [1.54, 1.807) is 0 Å². The summed E-state index contributed by atoms with van der Waals surface area (Å²) in [5, 5.41) is 1.13. The van der Waals surface area contributed by atoms with E-state index in [1.165, 1.54) is 0 Å². The summed E-state index contributed by atoms with van der Waals surface area (Å²) in [7, 11) is 0. The van der Waals surface area contributed by atoms with E-state index in [-0.39, 0.29) is 18.6 Å². The Kier molecular flexibility index (Phi) is 5.05. The van der Waals surface area contributed by atoms with Crippen LogP contribution in [0, 0.1) is 11.3 Å². The van der Waals surface area contributed by atoms with E-state index in [0.717, 1.165) is 47.0 Å². The maximum Gasteiger partial charge on any atom is 0.326 e. The van der Waals surface area contributed by atoms with Crippen LogP contribution in [-0.4, -0.2) is 16.6 Å². The number of carbonyl (C=O) groups excluding carboxylic acids is 1. The van der Waals surface area contributed by atoms with Crippen LogP contribution in [0.2, 0.25) is 0 Å². The molecule has 24 heavy (non-hydrogen) atoms. The number of fused-ring (bicyclic) bond motifs is 1. The molecule has 0 aliphatic heterocycles. The van der Waals surface area contributed by atoms with Crippen molar-refractivity contribution < 1.29 is 9.53 Å². The van der Waals surface area contributed by atoms with E-state index in [2.05, 4.69) is 42.8 Å². The van der Waals surface area contributed by atoms with Gasteiger partial charge in [0.15, 0.2) is 0 Å². The number of aromatic nitrogens is 1. The fourth-order valence-corrected chi connectivity index (χ4v) is 4.10. The first-order valence-corrected chi connectivity index (χ1v) is 9.56. The van der Waals surface area contributed by atoms with E-state index < -0.39 is 0 Å². The van der Waals surface area contributed by atoms with Gasteiger partial charge in [-0.1, -0.05) is 36.7 Å². The fourth-order valence-electron chi connectivity index (χ4n) is 3.72. The van der Waals surface area contributed by atoms with Gasteiger partial charge in [-0.25, -0.2) is 0 Å². The van der Waals surface area contributed by atoms with E-state index in [9.17, 15) is 4.79 Å². The molecule has 0 spiro atoms. The van der Waals surface area contributed by atoms with Crippen molar-refractivity contribution in [2.24, 2.45) is 11.3 Å². The van der Waals surface area contributed by atoms with Crippen molar-refractivity contribution in [3.8, 4) is 0 Å². The Morgan fingerprint density at radius 2 is 1.92 bits per heavy atom. The number of benzene rings is 1. The molecule has 1 aromatic heterocycles. The van der Waals surface area contributed by atoms with Crippen molar-refractivity contribution in [1.29, 1.82) is 0 Å². The largest absolute Gasteiger partial charge is 0.461 e. The highest BCUT2D eigenvalue weighted by Crippen LogP contribution is 2.38. The molecule has 1 aliphatic rings. The lowest BCUT2D eigenvalue weighted by Gasteiger charge is -2.36. The van der Waals surface area contributed by atoms with Gasteiger partial charge in [-0.15, -0.1) is 0 Å². The van der Waals surface area contributed by atoms with Crippen molar-refractivity contribution in [1.82, 2.24) is 4.57 Å². The summed E-state index contributed by atoms with van der Waals surface area (Å²) in [6.07, 6.45) is 6.34. The predicted molar refractivity (Wildman–Crippen MR) is 101 cm³/mol. The molecule has 0 unspecified atom stereocenters. The van der Waals surface area contributed by atoms with Crippen LogP contribution >= 0.6 is 15.9 Å².